The Balaban J connectivity index is 1.76. The molecule has 1 aromatic heterocycles. The summed E-state index contributed by atoms with van der Waals surface area (Å²) in [6, 6.07) is 15.0. The number of aromatic nitrogens is 1. The van der Waals surface area contributed by atoms with Gasteiger partial charge in [-0.05, 0) is 29.8 Å². The van der Waals surface area contributed by atoms with Crippen LogP contribution in [0, 0.1) is 0 Å². The van der Waals surface area contributed by atoms with Crippen molar-refractivity contribution in [1.82, 2.24) is 9.88 Å². The fourth-order valence-electron chi connectivity index (χ4n) is 3.14. The van der Waals surface area contributed by atoms with Crippen LogP contribution in [0.1, 0.15) is 30.3 Å². The molecule has 0 amide bonds. The van der Waals surface area contributed by atoms with Crippen molar-refractivity contribution in [2.45, 2.75) is 24.3 Å². The summed E-state index contributed by atoms with van der Waals surface area (Å²) in [6.07, 6.45) is 1.85. The van der Waals surface area contributed by atoms with Crippen molar-refractivity contribution in [1.29, 1.82) is 0 Å². The normalized spacial score (nSPS) is 26.9. The fourth-order valence-corrected chi connectivity index (χ4v) is 4.50. The van der Waals surface area contributed by atoms with Crippen LogP contribution in [0.2, 0.25) is 0 Å². The number of hydrogen-bond donors (Lipinski definition) is 0. The molecule has 3 heterocycles. The highest BCUT2D eigenvalue weighted by Crippen LogP contribution is 2.47. The number of hydrogen-bond acceptors (Lipinski definition) is 4. The first kappa shape index (κ1) is 14.3. The van der Waals surface area contributed by atoms with Crippen LogP contribution in [-0.4, -0.2) is 26.8 Å². The molecule has 0 unspecified atom stereocenters. The van der Waals surface area contributed by atoms with Crippen molar-refractivity contribution in [2.24, 2.45) is 4.99 Å². The van der Waals surface area contributed by atoms with Crippen molar-refractivity contribution in [2.75, 3.05) is 6.54 Å². The van der Waals surface area contributed by atoms with Gasteiger partial charge in [0.15, 0.2) is 5.17 Å². The van der Waals surface area contributed by atoms with Crippen LogP contribution < -0.4 is 0 Å². The quantitative estimate of drug-likeness (QED) is 0.779. The predicted molar refractivity (Wildman–Crippen MR) is 95.1 cm³/mol. The second-order valence-electron chi connectivity index (χ2n) is 5.69. The maximum absolute atomic E-state index is 4.98. The van der Waals surface area contributed by atoms with Crippen LogP contribution in [0.25, 0.3) is 0 Å². The Kier molecular flexibility index (Phi) is 3.70. The minimum Gasteiger partial charge on any atom is -0.341 e. The van der Waals surface area contributed by atoms with Gasteiger partial charge in [0.25, 0.3) is 0 Å². The number of aliphatic imine (C=N–C) groups is 1. The van der Waals surface area contributed by atoms with Crippen LogP contribution in [0.15, 0.2) is 58.1 Å². The maximum Gasteiger partial charge on any atom is 0.160 e. The number of fused-ring (bicyclic) bond motifs is 1. The van der Waals surface area contributed by atoms with E-state index in [4.69, 9.17) is 4.99 Å². The van der Waals surface area contributed by atoms with Gasteiger partial charge in [-0.2, -0.15) is 0 Å². The Morgan fingerprint density at radius 3 is 2.73 bits per heavy atom. The maximum atomic E-state index is 4.98. The minimum atomic E-state index is 0.0809. The molecule has 1 aromatic carbocycles. The number of thioether (sulfide) groups is 1. The molecule has 0 saturated carbocycles. The lowest BCUT2D eigenvalue weighted by atomic mass is 9.96. The minimum absolute atomic E-state index is 0.0809. The molecule has 5 heteroatoms. The summed E-state index contributed by atoms with van der Waals surface area (Å²) >= 11 is 5.40. The van der Waals surface area contributed by atoms with Crippen LogP contribution in [-0.2, 0) is 0 Å². The van der Waals surface area contributed by atoms with Gasteiger partial charge in [-0.15, -0.1) is 0 Å². The molecule has 1 fully saturated rings. The zero-order valence-electron chi connectivity index (χ0n) is 12.2. The summed E-state index contributed by atoms with van der Waals surface area (Å²) in [5, 5.41) is 1.76. The van der Waals surface area contributed by atoms with E-state index < -0.39 is 0 Å². The number of pyridine rings is 1. The van der Waals surface area contributed by atoms with Gasteiger partial charge in [0.05, 0.1) is 11.7 Å². The Bertz CT molecular complexity index is 702. The highest BCUT2D eigenvalue weighted by molar-refractivity contribution is 9.10. The molecule has 3 atom stereocenters. The third-order valence-electron chi connectivity index (χ3n) is 4.09. The van der Waals surface area contributed by atoms with E-state index in [-0.39, 0.29) is 12.1 Å². The van der Waals surface area contributed by atoms with Gasteiger partial charge in [0.2, 0.25) is 0 Å². The Morgan fingerprint density at radius 2 is 2.00 bits per heavy atom. The summed E-state index contributed by atoms with van der Waals surface area (Å²) in [5.74, 6) is 0. The molecule has 22 heavy (non-hydrogen) atoms. The van der Waals surface area contributed by atoms with E-state index in [0.29, 0.717) is 5.25 Å². The molecule has 0 bridgehead atoms. The van der Waals surface area contributed by atoms with Gasteiger partial charge >= 0.3 is 0 Å². The lowest BCUT2D eigenvalue weighted by Gasteiger charge is -2.27. The van der Waals surface area contributed by atoms with Gasteiger partial charge in [0.1, 0.15) is 6.04 Å². The zero-order valence-corrected chi connectivity index (χ0v) is 14.6. The van der Waals surface area contributed by atoms with E-state index in [0.717, 1.165) is 21.9 Å². The summed E-state index contributed by atoms with van der Waals surface area (Å²) in [6.45, 7) is 3.31. The van der Waals surface area contributed by atoms with Crippen molar-refractivity contribution in [3.05, 3.63) is 64.4 Å². The largest absolute Gasteiger partial charge is 0.341 e. The molecule has 112 valence electrons. The van der Waals surface area contributed by atoms with Crippen molar-refractivity contribution in [3.63, 3.8) is 0 Å². The molecular formula is C17H16BrN3S. The summed E-state index contributed by atoms with van der Waals surface area (Å²) in [7, 11) is 0. The first-order valence-corrected chi connectivity index (χ1v) is 9.07. The monoisotopic (exact) mass is 373 g/mol. The summed E-state index contributed by atoms with van der Waals surface area (Å²) in [4.78, 5) is 12.0. The number of halogens is 1. The van der Waals surface area contributed by atoms with Gasteiger partial charge < -0.3 is 4.90 Å². The molecule has 0 spiro atoms. The van der Waals surface area contributed by atoms with Crippen LogP contribution in [0.4, 0.5) is 0 Å². The molecule has 2 aromatic rings. The second kappa shape index (κ2) is 5.70. The average molecular weight is 374 g/mol. The number of amidine groups is 1. The molecule has 0 radical (unpaired) electrons. The van der Waals surface area contributed by atoms with E-state index in [1.54, 1.807) is 0 Å². The second-order valence-corrected chi connectivity index (χ2v) is 8.01. The number of rotatable bonds is 2. The third-order valence-corrected chi connectivity index (χ3v) is 5.72. The standard InChI is InChI=1S/C17H16BrN3S/c1-11-10-21-16(12-5-7-13(18)8-6-12)15(20-17(21)22-11)14-4-2-3-9-19-14/h2-9,11,15-16H,10H2,1H3/t11-,15-,16-/m0/s1. The van der Waals surface area contributed by atoms with Crippen LogP contribution in [0.5, 0.6) is 0 Å². The molecule has 2 aliphatic heterocycles. The first-order valence-electron chi connectivity index (χ1n) is 7.40. The molecule has 3 nitrogen and oxygen atoms in total. The van der Waals surface area contributed by atoms with Gasteiger partial charge in [-0.3, -0.25) is 9.98 Å². The van der Waals surface area contributed by atoms with Crippen molar-refractivity contribution < 1.29 is 0 Å². The van der Waals surface area contributed by atoms with Crippen molar-refractivity contribution >= 4 is 32.9 Å². The van der Waals surface area contributed by atoms with Gasteiger partial charge in [-0.1, -0.05) is 52.8 Å². The highest BCUT2D eigenvalue weighted by Gasteiger charge is 2.43. The molecule has 0 N–H and O–H groups in total. The van der Waals surface area contributed by atoms with Gasteiger partial charge in [-0.25, -0.2) is 0 Å². The number of benzene rings is 1. The Labute approximate surface area is 143 Å². The van der Waals surface area contributed by atoms with Crippen LogP contribution in [0.3, 0.4) is 0 Å². The van der Waals surface area contributed by atoms with Crippen LogP contribution >= 0.6 is 27.7 Å². The molecular weight excluding hydrogens is 358 g/mol. The lowest BCUT2D eigenvalue weighted by molar-refractivity contribution is 0.321. The lowest BCUT2D eigenvalue weighted by Crippen LogP contribution is -2.28. The van der Waals surface area contributed by atoms with E-state index in [9.17, 15) is 0 Å². The van der Waals surface area contributed by atoms with Crippen molar-refractivity contribution in [3.8, 4) is 0 Å². The topological polar surface area (TPSA) is 28.5 Å². The molecule has 1 saturated heterocycles. The van der Waals surface area contributed by atoms with E-state index in [1.165, 1.54) is 5.56 Å². The third kappa shape index (κ3) is 2.46. The zero-order chi connectivity index (χ0) is 15.1. The SMILES string of the molecule is C[C@H]1CN2C(=N[C@@H](c3ccccn3)[C@@H]2c2ccc(Br)cc2)S1. The molecule has 4 rings (SSSR count). The average Bonchev–Trinajstić information content (AvgIpc) is 3.05. The Hall–Kier alpha value is -1.33. The first-order chi connectivity index (χ1) is 10.7. The van der Waals surface area contributed by atoms with E-state index >= 15 is 0 Å². The molecule has 2 aliphatic rings. The molecule has 0 aliphatic carbocycles. The van der Waals surface area contributed by atoms with E-state index in [2.05, 4.69) is 63.1 Å². The predicted octanol–water partition coefficient (Wildman–Crippen LogP) is 4.43. The highest BCUT2D eigenvalue weighted by atomic mass is 79.9. The smallest absolute Gasteiger partial charge is 0.160 e. The fraction of sp³-hybridized carbons (Fsp3) is 0.294. The number of nitrogens with zero attached hydrogens (tertiary/aromatic N) is 3. The summed E-state index contributed by atoms with van der Waals surface area (Å²) in [5.41, 5.74) is 2.35. The summed E-state index contributed by atoms with van der Waals surface area (Å²) < 4.78 is 1.11. The Morgan fingerprint density at radius 1 is 1.18 bits per heavy atom. The van der Waals surface area contributed by atoms with Gasteiger partial charge in [0, 0.05) is 22.5 Å². The van der Waals surface area contributed by atoms with E-state index in [1.807, 2.05) is 30.1 Å².